The molecular formula is C26H26N2O6S. The molecule has 1 atom stereocenters. The Morgan fingerprint density at radius 3 is 2.29 bits per heavy atom. The zero-order valence-corrected chi connectivity index (χ0v) is 20.7. The molecule has 2 heterocycles. The molecule has 4 rings (SSSR count). The molecule has 35 heavy (non-hydrogen) atoms. The average Bonchev–Trinajstić information content (AvgIpc) is 3.30. The van der Waals surface area contributed by atoms with Crippen molar-refractivity contribution in [2.45, 2.75) is 33.7 Å². The molecule has 9 heteroatoms. The molecule has 2 aromatic carbocycles. The summed E-state index contributed by atoms with van der Waals surface area (Å²) in [6.45, 7) is 8.03. The maximum Gasteiger partial charge on any atom is 0.294 e. The van der Waals surface area contributed by atoms with Crippen molar-refractivity contribution in [3.63, 3.8) is 0 Å². The minimum atomic E-state index is -0.926. The summed E-state index contributed by atoms with van der Waals surface area (Å²) in [5, 5.41) is 21.5. The number of Topliss-reactive ketones (excluding diaryl/α,β-unsaturated/α-hetero) is 1. The Kier molecular flexibility index (Phi) is 6.79. The van der Waals surface area contributed by atoms with Gasteiger partial charge in [0.1, 0.15) is 5.75 Å². The van der Waals surface area contributed by atoms with Crippen molar-refractivity contribution >= 4 is 28.7 Å². The molecule has 0 spiro atoms. The maximum absolute atomic E-state index is 13.7. The Labute approximate surface area is 207 Å². The van der Waals surface area contributed by atoms with Crippen LogP contribution in [0.2, 0.25) is 0 Å². The molecule has 1 aliphatic heterocycles. The van der Waals surface area contributed by atoms with Crippen LogP contribution in [0.25, 0.3) is 0 Å². The molecule has 0 saturated carbocycles. The lowest BCUT2D eigenvalue weighted by molar-refractivity contribution is -0.117. The maximum atomic E-state index is 13.7. The highest BCUT2D eigenvalue weighted by Crippen LogP contribution is 2.44. The van der Waals surface area contributed by atoms with Gasteiger partial charge < -0.3 is 19.7 Å². The highest BCUT2D eigenvalue weighted by Gasteiger charge is 2.45. The zero-order valence-electron chi connectivity index (χ0n) is 19.9. The van der Waals surface area contributed by atoms with Crippen molar-refractivity contribution in [1.82, 2.24) is 4.98 Å². The molecule has 1 aromatic heterocycles. The molecule has 0 saturated heterocycles. The van der Waals surface area contributed by atoms with E-state index in [1.165, 1.54) is 28.4 Å². The van der Waals surface area contributed by atoms with Gasteiger partial charge in [-0.15, -0.1) is 11.3 Å². The summed E-state index contributed by atoms with van der Waals surface area (Å²) in [4.78, 5) is 33.1. The second-order valence-electron chi connectivity index (χ2n) is 7.91. The number of amides is 1. The summed E-state index contributed by atoms with van der Waals surface area (Å²) >= 11 is 1.21. The van der Waals surface area contributed by atoms with Gasteiger partial charge in [-0.2, -0.15) is 0 Å². The van der Waals surface area contributed by atoms with Crippen molar-refractivity contribution in [3.05, 3.63) is 74.9 Å². The number of anilines is 1. The minimum Gasteiger partial charge on any atom is -0.508 e. The fourth-order valence-corrected chi connectivity index (χ4v) is 5.00. The SMILES string of the molecule is CCOc1ccc(N2C(=O)C(O)=C(C(=O)c3sc(C)nc3C)C2c2ccc(O)cc2)cc1OCC. The van der Waals surface area contributed by atoms with E-state index in [-0.39, 0.29) is 11.3 Å². The normalized spacial score (nSPS) is 15.6. The highest BCUT2D eigenvalue weighted by atomic mass is 32.1. The molecule has 1 amide bonds. The van der Waals surface area contributed by atoms with Gasteiger partial charge in [-0.3, -0.25) is 14.5 Å². The summed E-state index contributed by atoms with van der Waals surface area (Å²) in [7, 11) is 0. The molecule has 182 valence electrons. The average molecular weight is 495 g/mol. The third-order valence-electron chi connectivity index (χ3n) is 5.58. The van der Waals surface area contributed by atoms with Crippen LogP contribution in [0, 0.1) is 13.8 Å². The number of nitrogens with zero attached hydrogens (tertiary/aromatic N) is 2. The van der Waals surface area contributed by atoms with Crippen LogP contribution in [0.15, 0.2) is 53.8 Å². The largest absolute Gasteiger partial charge is 0.508 e. The van der Waals surface area contributed by atoms with E-state index in [2.05, 4.69) is 4.98 Å². The molecule has 0 bridgehead atoms. The van der Waals surface area contributed by atoms with Gasteiger partial charge in [0.15, 0.2) is 17.3 Å². The predicted octanol–water partition coefficient (Wildman–Crippen LogP) is 5.05. The van der Waals surface area contributed by atoms with Crippen molar-refractivity contribution in [2.24, 2.45) is 0 Å². The molecule has 0 aliphatic carbocycles. The number of aryl methyl sites for hydroxylation is 2. The van der Waals surface area contributed by atoms with Gasteiger partial charge in [0, 0.05) is 11.8 Å². The molecule has 2 N–H and O–H groups in total. The number of phenolic OH excluding ortho intramolecular Hbond substituents is 1. The smallest absolute Gasteiger partial charge is 0.294 e. The van der Waals surface area contributed by atoms with Crippen LogP contribution in [0.3, 0.4) is 0 Å². The summed E-state index contributed by atoms with van der Waals surface area (Å²) in [6.07, 6.45) is 0. The number of aliphatic hydroxyl groups excluding tert-OH is 1. The standard InChI is InChI=1S/C26H26N2O6S/c1-5-33-19-12-9-17(13-20(19)34-6-2)28-22(16-7-10-18(29)11-8-16)21(24(31)26(28)32)23(30)25-14(3)27-15(4)35-25/h7-13,22,29,31H,5-6H2,1-4H3. The van der Waals surface area contributed by atoms with E-state index in [1.54, 1.807) is 44.2 Å². The first-order chi connectivity index (χ1) is 16.8. The predicted molar refractivity (Wildman–Crippen MR) is 133 cm³/mol. The van der Waals surface area contributed by atoms with Gasteiger partial charge in [0.2, 0.25) is 5.78 Å². The number of aromatic hydroxyl groups is 1. The highest BCUT2D eigenvalue weighted by molar-refractivity contribution is 7.14. The van der Waals surface area contributed by atoms with E-state index >= 15 is 0 Å². The van der Waals surface area contributed by atoms with Crippen LogP contribution in [-0.2, 0) is 4.79 Å². The molecule has 0 radical (unpaired) electrons. The first-order valence-corrected chi connectivity index (χ1v) is 12.0. The topological polar surface area (TPSA) is 109 Å². The van der Waals surface area contributed by atoms with Crippen LogP contribution < -0.4 is 14.4 Å². The van der Waals surface area contributed by atoms with Gasteiger partial charge >= 0.3 is 0 Å². The number of benzene rings is 2. The van der Waals surface area contributed by atoms with Gasteiger partial charge in [0.25, 0.3) is 5.91 Å². The number of rotatable bonds is 8. The van der Waals surface area contributed by atoms with Crippen molar-refractivity contribution < 1.29 is 29.3 Å². The van der Waals surface area contributed by atoms with Crippen LogP contribution in [0.1, 0.15) is 45.8 Å². The molecular weight excluding hydrogens is 468 g/mol. The van der Waals surface area contributed by atoms with Gasteiger partial charge in [0.05, 0.1) is 40.4 Å². The van der Waals surface area contributed by atoms with E-state index < -0.39 is 23.5 Å². The number of phenols is 1. The van der Waals surface area contributed by atoms with E-state index in [1.807, 2.05) is 13.8 Å². The first kappa shape index (κ1) is 24.3. The zero-order chi connectivity index (χ0) is 25.3. The number of hydrogen-bond acceptors (Lipinski definition) is 8. The van der Waals surface area contributed by atoms with Crippen LogP contribution in [-0.4, -0.2) is 40.1 Å². The number of aliphatic hydroxyl groups is 1. The number of aromatic nitrogens is 1. The molecule has 0 fully saturated rings. The summed E-state index contributed by atoms with van der Waals surface area (Å²) in [6, 6.07) is 10.3. The minimum absolute atomic E-state index is 0.0410. The third-order valence-corrected chi connectivity index (χ3v) is 6.65. The Bertz CT molecular complexity index is 1310. The summed E-state index contributed by atoms with van der Waals surface area (Å²) in [5.74, 6) is -0.787. The number of carbonyl (C=O) groups excluding carboxylic acids is 2. The Balaban J connectivity index is 1.87. The number of carbonyl (C=O) groups is 2. The van der Waals surface area contributed by atoms with Crippen molar-refractivity contribution in [1.29, 1.82) is 0 Å². The fourth-order valence-electron chi connectivity index (χ4n) is 4.13. The van der Waals surface area contributed by atoms with Crippen LogP contribution >= 0.6 is 11.3 Å². The Hall–Kier alpha value is -3.85. The van der Waals surface area contributed by atoms with Gasteiger partial charge in [-0.25, -0.2) is 4.98 Å². The molecule has 1 aliphatic rings. The molecule has 1 unspecified atom stereocenters. The second-order valence-corrected chi connectivity index (χ2v) is 9.11. The summed E-state index contributed by atoms with van der Waals surface area (Å²) < 4.78 is 11.4. The van der Waals surface area contributed by atoms with Crippen LogP contribution in [0.4, 0.5) is 5.69 Å². The van der Waals surface area contributed by atoms with Gasteiger partial charge in [-0.05, 0) is 57.5 Å². The van der Waals surface area contributed by atoms with Crippen molar-refractivity contribution in [3.8, 4) is 17.2 Å². The lowest BCUT2D eigenvalue weighted by atomic mass is 9.94. The van der Waals surface area contributed by atoms with Crippen LogP contribution in [0.5, 0.6) is 17.2 Å². The van der Waals surface area contributed by atoms with Gasteiger partial charge in [-0.1, -0.05) is 12.1 Å². The third kappa shape index (κ3) is 4.46. The molecule has 3 aromatic rings. The van der Waals surface area contributed by atoms with E-state index in [0.29, 0.717) is 51.5 Å². The Morgan fingerprint density at radius 2 is 1.69 bits per heavy atom. The van der Waals surface area contributed by atoms with E-state index in [0.717, 1.165) is 0 Å². The Morgan fingerprint density at radius 1 is 1.03 bits per heavy atom. The number of ether oxygens (including phenoxy) is 2. The second kappa shape index (κ2) is 9.79. The van der Waals surface area contributed by atoms with E-state index in [4.69, 9.17) is 9.47 Å². The quantitative estimate of drug-likeness (QED) is 0.422. The lowest BCUT2D eigenvalue weighted by Crippen LogP contribution is -2.31. The monoisotopic (exact) mass is 494 g/mol. The number of thiazole rings is 1. The van der Waals surface area contributed by atoms with E-state index in [9.17, 15) is 19.8 Å². The number of hydrogen-bond donors (Lipinski definition) is 2. The summed E-state index contributed by atoms with van der Waals surface area (Å²) in [5.41, 5.74) is 1.47. The number of ketones is 1. The fraction of sp³-hybridized carbons (Fsp3) is 0.269. The molecule has 8 nitrogen and oxygen atoms in total. The van der Waals surface area contributed by atoms with Crippen molar-refractivity contribution in [2.75, 3.05) is 18.1 Å². The first-order valence-electron chi connectivity index (χ1n) is 11.2. The lowest BCUT2D eigenvalue weighted by Gasteiger charge is -2.27.